The van der Waals surface area contributed by atoms with Gasteiger partial charge in [0.2, 0.25) is 41.4 Å². The number of aryl methyl sites for hydroxylation is 2. The Morgan fingerprint density at radius 2 is 1.37 bits per heavy atom. The molecular weight excluding hydrogens is 1360 g/mol. The van der Waals surface area contributed by atoms with Crippen molar-refractivity contribution in [3.63, 3.8) is 0 Å². The second-order valence-electron chi connectivity index (χ2n) is 29.1. The van der Waals surface area contributed by atoms with Gasteiger partial charge < -0.3 is 81.5 Å². The van der Waals surface area contributed by atoms with Crippen LogP contribution >= 0.6 is 7.82 Å². The van der Waals surface area contributed by atoms with E-state index in [9.17, 15) is 58.0 Å². The molecule has 8 rings (SSSR count). The molecule has 2 aromatic rings. The van der Waals surface area contributed by atoms with Crippen LogP contribution in [0.4, 0.5) is 0 Å². The van der Waals surface area contributed by atoms with Crippen LogP contribution in [0.3, 0.4) is 0 Å². The summed E-state index contributed by atoms with van der Waals surface area (Å²) in [6.45, 7) is 22.8. The molecule has 1 radical (unpaired) electrons. The fourth-order valence-electron chi connectivity index (χ4n) is 16.0. The number of ether oxygens (including phenoxy) is 1. The van der Waals surface area contributed by atoms with E-state index in [1.165, 1.54) is 13.3 Å². The molecule has 553 valence electrons. The minimum Gasteiger partial charge on any atom is -0.682 e. The largest absolute Gasteiger partial charge is 2.00 e. The molecule has 7 amide bonds. The van der Waals surface area contributed by atoms with Crippen molar-refractivity contribution >= 4 is 83.3 Å². The number of phosphoric acid groups is 1. The Labute approximate surface area is 594 Å². The van der Waals surface area contributed by atoms with Crippen LogP contribution in [0, 0.1) is 66.1 Å². The van der Waals surface area contributed by atoms with Gasteiger partial charge in [0, 0.05) is 115 Å². The van der Waals surface area contributed by atoms with Crippen molar-refractivity contribution in [3.8, 4) is 0 Å². The molecule has 17 N–H and O–H groups in total. The number of rotatable bonds is 31. The number of nitrogens with one attached hydrogen (secondary N) is 1. The van der Waals surface area contributed by atoms with Crippen molar-refractivity contribution in [1.29, 1.82) is 0 Å². The van der Waals surface area contributed by atoms with Gasteiger partial charge in [-0.15, -0.1) is 0 Å². The Kier molecular flexibility index (Phi) is 26.7. The monoisotopic (exact) mass is 1460 g/mol. The third-order valence-corrected chi connectivity index (χ3v) is 22.8. The molecule has 2 saturated heterocycles. The number of aliphatic carboxylic acids is 1. The number of aliphatic hydroxyl groups is 2. The fraction of sp³-hybridized carbons (Fsp3) is 0.638. The first-order valence-corrected chi connectivity index (χ1v) is 35.3. The number of aliphatic imine (C=N–C) groups is 3. The molecule has 6 aliphatic rings. The predicted octanol–water partition coefficient (Wildman–Crippen LogP) is 5.80. The van der Waals surface area contributed by atoms with Crippen LogP contribution in [0.1, 0.15) is 182 Å². The molecule has 7 heterocycles. The number of unbranched alkanes of at least 4 members (excludes halogenated alkanes) is 3. The topological polar surface area (TPSA) is 499 Å². The standard InChI is InChI=1S/C62H90N13O14P.C7H13O2.Co/c1-29-20-39-40(21-30(29)2)75(28-70-39)57-52(84)53(41(27-76)87-57)89-90(85,86)88-31(3)26-69-49(83)18-19-59(8)37(22-46(66)80)56-62(11)61(10,25-48(68)82)36(14-17-45(65)79)51(74-62)33(5)55-60(9,24-47(67)81)34(12-15-43(63)77)38(71-55)23-42-58(6,7)35(13-16-44(64)78)50(72-42)32(4)54(59)73-56;1-2-3-4-5-6-7(8)9;/h20-21,23,28,31,34-37,41,52-53,56-57,76,84H,12-19,22,24-27H2,1-11H3,(H15,63,64,65,66,67,68,69,71,72,73,74,77,78,79,80,81,82,83,85,86);1-6H2,(H,8,9);/q;-1;+2/p-1. The van der Waals surface area contributed by atoms with Crippen molar-refractivity contribution in [2.45, 2.75) is 221 Å². The van der Waals surface area contributed by atoms with E-state index < -0.39 is 149 Å². The number of aliphatic hydroxyl groups excluding tert-OH is 2. The number of carbonyl (C=O) groups is 8. The Morgan fingerprint density at radius 1 is 0.770 bits per heavy atom. The number of allylic oxidation sites excluding steroid dienone is 6. The zero-order chi connectivity index (χ0) is 73.8. The summed E-state index contributed by atoms with van der Waals surface area (Å²) in [7, 11) is -5.07. The summed E-state index contributed by atoms with van der Waals surface area (Å²) in [5, 5.41) is 38.4. The van der Waals surface area contributed by atoms with E-state index >= 15 is 0 Å². The Hall–Kier alpha value is -7.02. The number of hydrogen-bond donors (Lipinski definition) is 11. The molecule has 8 bridgehead atoms. The number of aromatic nitrogens is 2. The predicted molar refractivity (Wildman–Crippen MR) is 370 cm³/mol. The summed E-state index contributed by atoms with van der Waals surface area (Å²) in [5.74, 6) is -8.04. The number of carbonyl (C=O) groups excluding carboxylic acids is 7. The third kappa shape index (κ3) is 17.4. The molecule has 15 atom stereocenters. The number of nitrogens with zero attached hydrogens (tertiary/aromatic N) is 6. The van der Waals surface area contributed by atoms with Crippen LogP contribution in [-0.4, -0.2) is 143 Å². The smallest absolute Gasteiger partial charge is 0.682 e. The van der Waals surface area contributed by atoms with E-state index in [1.54, 1.807) is 11.5 Å². The average Bonchev–Trinajstić information content (AvgIpc) is 1.53. The van der Waals surface area contributed by atoms with Gasteiger partial charge in [-0.2, -0.15) is 12.1 Å². The maximum absolute atomic E-state index is 14.4. The number of hydrogen-bond acceptors (Lipinski definition) is 18. The van der Waals surface area contributed by atoms with E-state index in [0.717, 1.165) is 36.8 Å². The van der Waals surface area contributed by atoms with Gasteiger partial charge in [-0.25, -0.2) is 9.55 Å². The number of imidazole rings is 1. The number of amides is 7. The molecule has 31 heteroatoms. The van der Waals surface area contributed by atoms with Gasteiger partial charge in [0.05, 0.1) is 41.3 Å². The Balaban J connectivity index is 0.00000147. The number of phosphoric ester groups is 1. The zero-order valence-corrected chi connectivity index (χ0v) is 61.1. The molecule has 6 aliphatic heterocycles. The molecule has 2 fully saturated rings. The van der Waals surface area contributed by atoms with Gasteiger partial charge in [-0.1, -0.05) is 53.5 Å². The average molecular weight is 1460 g/mol. The van der Waals surface area contributed by atoms with Crippen LogP contribution in [0.5, 0.6) is 0 Å². The Bertz CT molecular complexity index is 3750. The number of nitrogens with two attached hydrogens (primary N) is 6. The van der Waals surface area contributed by atoms with Gasteiger partial charge in [0.1, 0.15) is 18.3 Å². The molecule has 15 unspecified atom stereocenters. The summed E-state index contributed by atoms with van der Waals surface area (Å²) in [6.07, 6.45) is -0.410. The SMILES string of the molecule is CC1=C2N=C(/C=C3N=C(/C(C)=C4\[N-]C(C(CC(N)=O)C4(C)CCC(=O)NCC(C)OP(=O)(O)OC4C(CO)OC(n5cnc6cc(C)c(C)cc65)C4O)C4(C)N=C1C(CCC(N)=O)C4(C)CC(N)=O)C(CCC(N)=O)C\3(C)C)C(CCC(N)=O)C2(C)CC(N)=O.[CH2-]CCCCCC(=O)O.[Co+2]. The number of primary amides is 6. The van der Waals surface area contributed by atoms with Crippen LogP contribution in [0.15, 0.2) is 67.8 Å². The first-order chi connectivity index (χ1) is 46.1. The van der Waals surface area contributed by atoms with Gasteiger partial charge in [0.15, 0.2) is 6.23 Å². The van der Waals surface area contributed by atoms with Crippen molar-refractivity contribution in [1.82, 2.24) is 14.9 Å². The first-order valence-electron chi connectivity index (χ1n) is 33.8. The molecule has 100 heavy (non-hydrogen) atoms. The van der Waals surface area contributed by atoms with Crippen molar-refractivity contribution in [3.05, 3.63) is 76.1 Å². The van der Waals surface area contributed by atoms with E-state index in [-0.39, 0.29) is 94.0 Å². The summed E-state index contributed by atoms with van der Waals surface area (Å²) in [6, 6.07) is 2.68. The van der Waals surface area contributed by atoms with Gasteiger partial charge >= 0.3 is 30.6 Å². The quantitative estimate of drug-likeness (QED) is 0.0241. The van der Waals surface area contributed by atoms with E-state index in [2.05, 4.69) is 17.2 Å². The minimum absolute atomic E-state index is 0. The van der Waals surface area contributed by atoms with E-state index in [4.69, 9.17) is 73.6 Å². The normalized spacial score (nSPS) is 30.9. The summed E-state index contributed by atoms with van der Waals surface area (Å²) in [5.41, 5.74) is 36.8. The van der Waals surface area contributed by atoms with E-state index in [1.807, 2.05) is 80.5 Å². The molecule has 0 saturated carbocycles. The van der Waals surface area contributed by atoms with E-state index in [0.29, 0.717) is 62.8 Å². The molecule has 0 spiro atoms. The summed E-state index contributed by atoms with van der Waals surface area (Å²) >= 11 is 0. The molecule has 29 nitrogen and oxygen atoms in total. The van der Waals surface area contributed by atoms with Gasteiger partial charge in [-0.05, 0) is 125 Å². The van der Waals surface area contributed by atoms with Gasteiger partial charge in [-0.3, -0.25) is 62.4 Å². The second-order valence-corrected chi connectivity index (χ2v) is 30.4. The molecule has 0 aliphatic carbocycles. The maximum Gasteiger partial charge on any atom is 2.00 e. The number of fused-ring (bicyclic) bond motifs is 7. The van der Waals surface area contributed by atoms with Crippen molar-refractivity contribution in [2.75, 3.05) is 13.2 Å². The molecule has 1 aromatic heterocycles. The minimum atomic E-state index is -5.07. The van der Waals surface area contributed by atoms with Crippen LogP contribution in [-0.2, 0) is 73.5 Å². The third-order valence-electron chi connectivity index (χ3n) is 21.6. The Morgan fingerprint density at radius 3 is 1.94 bits per heavy atom. The number of benzene rings is 1. The van der Waals surface area contributed by atoms with Crippen molar-refractivity contribution < 1.29 is 93.7 Å². The van der Waals surface area contributed by atoms with Crippen LogP contribution < -0.4 is 39.7 Å². The number of carboxylic acid groups (broad SMARTS) is 1. The number of carboxylic acids is 1. The fourth-order valence-corrected chi connectivity index (χ4v) is 17.1. The summed E-state index contributed by atoms with van der Waals surface area (Å²) in [4.78, 5) is 135. The maximum atomic E-state index is 14.4. The van der Waals surface area contributed by atoms with Crippen LogP contribution in [0.2, 0.25) is 0 Å². The molecular formula is C69H102CoN13O16P. The second kappa shape index (κ2) is 32.5. The first kappa shape index (κ1) is 81.9. The van der Waals surface area contributed by atoms with Gasteiger partial charge in [0.25, 0.3) is 0 Å². The molecule has 1 aromatic carbocycles. The van der Waals surface area contributed by atoms with Crippen LogP contribution in [0.25, 0.3) is 16.4 Å². The zero-order valence-electron chi connectivity index (χ0n) is 59.1. The van der Waals surface area contributed by atoms with Crippen molar-refractivity contribution in [2.24, 2.45) is 94.7 Å². The summed E-state index contributed by atoms with van der Waals surface area (Å²) < 4.78 is 32.3.